The Morgan fingerprint density at radius 3 is 2.82 bits per heavy atom. The topological polar surface area (TPSA) is 44.8 Å². The molecule has 2 rings (SSSR count). The molecule has 0 saturated carbocycles. The summed E-state index contributed by atoms with van der Waals surface area (Å²) in [5.41, 5.74) is 0.571. The molecule has 0 atom stereocenters. The van der Waals surface area contributed by atoms with E-state index < -0.39 is 5.82 Å². The van der Waals surface area contributed by atoms with Crippen LogP contribution in [0.5, 0.6) is 0 Å². The van der Waals surface area contributed by atoms with Gasteiger partial charge in [-0.25, -0.2) is 4.39 Å². The first-order chi connectivity index (χ1) is 10.5. The SMILES string of the molecule is CN(CC(=O)N1CCOCC1)C(=S)Nc1ccc(F)c(Cl)c1. The van der Waals surface area contributed by atoms with E-state index in [9.17, 15) is 9.18 Å². The minimum atomic E-state index is -0.492. The van der Waals surface area contributed by atoms with E-state index in [0.29, 0.717) is 37.1 Å². The first-order valence-electron chi connectivity index (χ1n) is 6.80. The molecule has 0 unspecified atom stereocenters. The summed E-state index contributed by atoms with van der Waals surface area (Å²) in [5, 5.41) is 3.31. The van der Waals surface area contributed by atoms with Crippen LogP contribution >= 0.6 is 23.8 Å². The Kier molecular flexibility index (Phi) is 5.93. The van der Waals surface area contributed by atoms with Crippen molar-refractivity contribution in [3.8, 4) is 0 Å². The van der Waals surface area contributed by atoms with Crippen molar-refractivity contribution in [2.75, 3.05) is 45.2 Å². The summed E-state index contributed by atoms with van der Waals surface area (Å²) in [7, 11) is 1.72. The fourth-order valence-corrected chi connectivity index (χ4v) is 2.34. The van der Waals surface area contributed by atoms with Crippen LogP contribution in [-0.4, -0.2) is 60.7 Å². The molecule has 0 radical (unpaired) electrons. The lowest BCUT2D eigenvalue weighted by Crippen LogP contribution is -2.46. The third kappa shape index (κ3) is 4.53. The van der Waals surface area contributed by atoms with Gasteiger partial charge in [0.05, 0.1) is 24.8 Å². The van der Waals surface area contributed by atoms with Crippen LogP contribution in [0.3, 0.4) is 0 Å². The Morgan fingerprint density at radius 1 is 1.50 bits per heavy atom. The van der Waals surface area contributed by atoms with Crippen LogP contribution in [0.2, 0.25) is 5.02 Å². The summed E-state index contributed by atoms with van der Waals surface area (Å²) in [6, 6.07) is 4.23. The molecule has 1 amide bonds. The van der Waals surface area contributed by atoms with Crippen molar-refractivity contribution in [2.24, 2.45) is 0 Å². The number of morpholine rings is 1. The highest BCUT2D eigenvalue weighted by molar-refractivity contribution is 7.80. The Morgan fingerprint density at radius 2 is 2.18 bits per heavy atom. The molecule has 0 spiro atoms. The molecule has 8 heteroatoms. The van der Waals surface area contributed by atoms with Crippen LogP contribution < -0.4 is 5.32 Å². The number of nitrogens with one attached hydrogen (secondary N) is 1. The number of halogens is 2. The van der Waals surface area contributed by atoms with Crippen LogP contribution in [0.1, 0.15) is 0 Å². The molecule has 1 aromatic carbocycles. The van der Waals surface area contributed by atoms with Gasteiger partial charge < -0.3 is 19.9 Å². The molecule has 1 fully saturated rings. The third-order valence-electron chi connectivity index (χ3n) is 3.25. The van der Waals surface area contributed by atoms with E-state index in [1.165, 1.54) is 18.2 Å². The number of ether oxygens (including phenoxy) is 1. The summed E-state index contributed by atoms with van der Waals surface area (Å²) in [6.45, 7) is 2.49. The summed E-state index contributed by atoms with van der Waals surface area (Å²) in [5.74, 6) is -0.499. The quantitative estimate of drug-likeness (QED) is 0.849. The normalized spacial score (nSPS) is 14.6. The van der Waals surface area contributed by atoms with Crippen LogP contribution in [0.4, 0.5) is 10.1 Å². The molecule has 1 aliphatic rings. The van der Waals surface area contributed by atoms with Crippen molar-refractivity contribution in [3.63, 3.8) is 0 Å². The molecule has 5 nitrogen and oxygen atoms in total. The standard InChI is InChI=1S/C14H17ClFN3O2S/c1-18(9-13(20)19-4-6-21-7-5-19)14(22)17-10-2-3-12(16)11(15)8-10/h2-3,8H,4-7,9H2,1H3,(H,17,22). The van der Waals surface area contributed by atoms with Crippen LogP contribution in [0, 0.1) is 5.82 Å². The number of hydrogen-bond acceptors (Lipinski definition) is 3. The summed E-state index contributed by atoms with van der Waals surface area (Å²) < 4.78 is 18.3. The van der Waals surface area contributed by atoms with Gasteiger partial charge in [-0.1, -0.05) is 11.6 Å². The fraction of sp³-hybridized carbons (Fsp3) is 0.429. The molecule has 0 aliphatic carbocycles. The van der Waals surface area contributed by atoms with Crippen molar-refractivity contribution in [3.05, 3.63) is 29.0 Å². The van der Waals surface area contributed by atoms with Crippen molar-refractivity contribution in [1.29, 1.82) is 0 Å². The molecular formula is C14H17ClFN3O2S. The highest BCUT2D eigenvalue weighted by atomic mass is 35.5. The number of carbonyl (C=O) groups is 1. The number of carbonyl (C=O) groups excluding carboxylic acids is 1. The number of thiocarbonyl (C=S) groups is 1. The molecule has 1 aliphatic heterocycles. The van der Waals surface area contributed by atoms with E-state index in [1.807, 2.05) is 0 Å². The zero-order valence-corrected chi connectivity index (χ0v) is 13.7. The Labute approximate surface area is 139 Å². The van der Waals surface area contributed by atoms with E-state index in [1.54, 1.807) is 16.8 Å². The van der Waals surface area contributed by atoms with Crippen LogP contribution in [0.25, 0.3) is 0 Å². The summed E-state index contributed by atoms with van der Waals surface area (Å²) >= 11 is 11.0. The number of benzene rings is 1. The number of likely N-dealkylation sites (N-methyl/N-ethyl adjacent to an activating group) is 1. The lowest BCUT2D eigenvalue weighted by Gasteiger charge is -2.29. The predicted molar refractivity (Wildman–Crippen MR) is 87.7 cm³/mol. The molecule has 0 bridgehead atoms. The number of rotatable bonds is 3. The van der Waals surface area contributed by atoms with Gasteiger partial charge in [-0.15, -0.1) is 0 Å². The van der Waals surface area contributed by atoms with Gasteiger partial charge in [0.1, 0.15) is 5.82 Å². The minimum Gasteiger partial charge on any atom is -0.378 e. The van der Waals surface area contributed by atoms with Gasteiger partial charge in [-0.3, -0.25) is 4.79 Å². The van der Waals surface area contributed by atoms with Crippen LogP contribution in [0.15, 0.2) is 18.2 Å². The van der Waals surface area contributed by atoms with E-state index >= 15 is 0 Å². The first-order valence-corrected chi connectivity index (χ1v) is 7.58. The highest BCUT2D eigenvalue weighted by Crippen LogP contribution is 2.19. The molecule has 0 aromatic heterocycles. The smallest absolute Gasteiger partial charge is 0.242 e. The third-order valence-corrected chi connectivity index (χ3v) is 3.96. The Bertz CT molecular complexity index is 567. The lowest BCUT2D eigenvalue weighted by atomic mass is 10.3. The second-order valence-corrected chi connectivity index (χ2v) is 5.70. The van der Waals surface area contributed by atoms with E-state index in [4.69, 9.17) is 28.6 Å². The van der Waals surface area contributed by atoms with Gasteiger partial charge in [-0.05, 0) is 30.4 Å². The monoisotopic (exact) mass is 345 g/mol. The van der Waals surface area contributed by atoms with Crippen molar-refractivity contribution >= 4 is 40.5 Å². The second kappa shape index (κ2) is 7.71. The average Bonchev–Trinajstić information content (AvgIpc) is 2.51. The molecule has 22 heavy (non-hydrogen) atoms. The zero-order chi connectivity index (χ0) is 16.1. The maximum Gasteiger partial charge on any atom is 0.242 e. The second-order valence-electron chi connectivity index (χ2n) is 4.91. The molecule has 1 N–H and O–H groups in total. The van der Waals surface area contributed by atoms with Gasteiger partial charge in [0.2, 0.25) is 5.91 Å². The number of nitrogens with zero attached hydrogens (tertiary/aromatic N) is 2. The van der Waals surface area contributed by atoms with Gasteiger partial charge in [0, 0.05) is 25.8 Å². The van der Waals surface area contributed by atoms with E-state index in [2.05, 4.69) is 5.32 Å². The highest BCUT2D eigenvalue weighted by Gasteiger charge is 2.19. The summed E-state index contributed by atoms with van der Waals surface area (Å²) in [4.78, 5) is 15.5. The van der Waals surface area contributed by atoms with Gasteiger partial charge in [0.25, 0.3) is 0 Å². The fourth-order valence-electron chi connectivity index (χ4n) is 1.98. The zero-order valence-electron chi connectivity index (χ0n) is 12.1. The van der Waals surface area contributed by atoms with Crippen LogP contribution in [-0.2, 0) is 9.53 Å². The Balaban J connectivity index is 1.88. The predicted octanol–water partition coefficient (Wildman–Crippen LogP) is 1.97. The maximum atomic E-state index is 13.1. The van der Waals surface area contributed by atoms with Crippen molar-refractivity contribution < 1.29 is 13.9 Å². The average molecular weight is 346 g/mol. The molecule has 120 valence electrons. The summed E-state index contributed by atoms with van der Waals surface area (Å²) in [6.07, 6.45) is 0. The lowest BCUT2D eigenvalue weighted by molar-refractivity contribution is -0.135. The van der Waals surface area contributed by atoms with Gasteiger partial charge in [-0.2, -0.15) is 0 Å². The molecular weight excluding hydrogens is 329 g/mol. The molecule has 1 aromatic rings. The number of amides is 1. The van der Waals surface area contributed by atoms with Gasteiger partial charge >= 0.3 is 0 Å². The largest absolute Gasteiger partial charge is 0.378 e. The first kappa shape index (κ1) is 16.9. The van der Waals surface area contributed by atoms with Crippen molar-refractivity contribution in [2.45, 2.75) is 0 Å². The number of hydrogen-bond donors (Lipinski definition) is 1. The molecule has 1 heterocycles. The maximum absolute atomic E-state index is 13.1. The Hall–Kier alpha value is -1.44. The van der Waals surface area contributed by atoms with Gasteiger partial charge in [0.15, 0.2) is 5.11 Å². The van der Waals surface area contributed by atoms with E-state index in [-0.39, 0.29) is 17.5 Å². The van der Waals surface area contributed by atoms with E-state index in [0.717, 1.165) is 0 Å². The number of anilines is 1. The van der Waals surface area contributed by atoms with Crippen molar-refractivity contribution in [1.82, 2.24) is 9.80 Å². The molecule has 1 saturated heterocycles. The minimum absolute atomic E-state index is 0.00733.